The molecule has 3 aromatic rings. The van der Waals surface area contributed by atoms with Crippen molar-refractivity contribution in [1.82, 2.24) is 5.32 Å². The predicted octanol–water partition coefficient (Wildman–Crippen LogP) is 6.27. The van der Waals surface area contributed by atoms with Crippen molar-refractivity contribution in [2.75, 3.05) is 20.2 Å². The van der Waals surface area contributed by atoms with Crippen LogP contribution in [-0.4, -0.2) is 70.3 Å². The number of Topliss-reactive ketones (excluding diaryl/α,β-unsaturated/α-hetero) is 2. The maximum atomic E-state index is 13.7. The van der Waals surface area contributed by atoms with Gasteiger partial charge in [0.15, 0.2) is 23.2 Å². The van der Waals surface area contributed by atoms with Gasteiger partial charge >= 0.3 is 0 Å². The Bertz CT molecular complexity index is 2070. The Morgan fingerprint density at radius 1 is 0.949 bits per heavy atom. The molecular formula is C48H64N4O7. The van der Waals surface area contributed by atoms with Crippen molar-refractivity contribution in [3.63, 3.8) is 0 Å². The van der Waals surface area contributed by atoms with E-state index in [2.05, 4.69) is 36.0 Å². The van der Waals surface area contributed by atoms with Crippen LogP contribution in [0.4, 0.5) is 0 Å². The number of piperidine rings is 1. The van der Waals surface area contributed by atoms with Crippen LogP contribution in [-0.2, 0) is 28.9 Å². The normalized spacial score (nSPS) is 22.9. The van der Waals surface area contributed by atoms with E-state index in [1.54, 1.807) is 24.3 Å². The van der Waals surface area contributed by atoms with Gasteiger partial charge in [-0.05, 0) is 151 Å². The van der Waals surface area contributed by atoms with Gasteiger partial charge < -0.3 is 41.9 Å². The van der Waals surface area contributed by atoms with Gasteiger partial charge in [-0.1, -0.05) is 44.6 Å². The first-order chi connectivity index (χ1) is 28.3. The molecule has 59 heavy (non-hydrogen) atoms. The second-order valence-corrected chi connectivity index (χ2v) is 17.6. The lowest BCUT2D eigenvalue weighted by molar-refractivity contribution is -0.124. The molecule has 0 amide bonds. The van der Waals surface area contributed by atoms with Crippen LogP contribution in [0.5, 0.6) is 17.2 Å². The number of aryl methyl sites for hydroxylation is 1. The number of ether oxygens (including phenoxy) is 1. The number of unbranched alkanes of at least 4 members (excludes halogenated alkanes) is 1. The number of hydrogen-bond acceptors (Lipinski definition) is 9. The molecule has 11 nitrogen and oxygen atoms in total. The molecular weight excluding hydrogens is 745 g/mol. The average molecular weight is 809 g/mol. The molecule has 1 aliphatic heterocycles. The van der Waals surface area contributed by atoms with Crippen molar-refractivity contribution in [2.45, 2.75) is 128 Å². The number of phenolic OH excluding ortho intramolecular Hbond substituents is 2. The summed E-state index contributed by atoms with van der Waals surface area (Å²) in [7, 11) is 1.49. The number of benzene rings is 3. The largest absolute Gasteiger partial charge is 0.508 e. The van der Waals surface area contributed by atoms with Crippen LogP contribution in [0.1, 0.15) is 124 Å². The molecule has 318 valence electrons. The Labute approximate surface area is 349 Å². The number of nitrogens with zero attached hydrogens (tertiary/aromatic N) is 1. The molecule has 0 spiro atoms. The summed E-state index contributed by atoms with van der Waals surface area (Å²) in [6.07, 6.45) is 7.53. The third kappa shape index (κ3) is 11.4. The zero-order valence-electron chi connectivity index (χ0n) is 35.0. The molecule has 2 aliphatic carbocycles. The van der Waals surface area contributed by atoms with Crippen molar-refractivity contribution >= 4 is 28.3 Å². The third-order valence-corrected chi connectivity index (χ3v) is 12.7. The molecule has 1 saturated heterocycles. The number of ketones is 2. The number of hydrogen-bond donors (Lipinski definition) is 7. The van der Waals surface area contributed by atoms with Crippen LogP contribution < -0.4 is 21.5 Å². The van der Waals surface area contributed by atoms with Crippen molar-refractivity contribution in [3.8, 4) is 29.1 Å². The molecule has 11 heteroatoms. The van der Waals surface area contributed by atoms with E-state index in [-0.39, 0.29) is 29.7 Å². The molecule has 6 rings (SSSR count). The highest BCUT2D eigenvalue weighted by atomic mass is 16.5. The van der Waals surface area contributed by atoms with Gasteiger partial charge in [0.2, 0.25) is 0 Å². The van der Waals surface area contributed by atoms with E-state index < -0.39 is 24.0 Å². The number of fused-ring (bicyclic) bond motifs is 3. The van der Waals surface area contributed by atoms with Gasteiger partial charge in [0.1, 0.15) is 17.5 Å². The number of aromatic hydroxyl groups is 2. The summed E-state index contributed by atoms with van der Waals surface area (Å²) in [5.74, 6) is 7.44. The molecule has 0 bridgehead atoms. The van der Waals surface area contributed by atoms with Crippen molar-refractivity contribution in [1.29, 1.82) is 0 Å². The van der Waals surface area contributed by atoms with Crippen molar-refractivity contribution in [2.24, 2.45) is 40.1 Å². The van der Waals surface area contributed by atoms with E-state index in [0.717, 1.165) is 83.7 Å². The first kappa shape index (κ1) is 43.9. The lowest BCUT2D eigenvalue weighted by Gasteiger charge is -2.39. The standard InChI is InChI=1S/C48H64N4O7/c1-28(2)18-34-21-37(54)24-41-32(16-17-51-48(49)50)20-35(22-40(34)41)43(55)14-10-30-9-13-38(45(57)15-11-31-23-47(59-3)46(58)26-39(30)31)44(56)7-5-4-6-29-19-33-8-12-36(53)25-42(33)52-27-29/h20-24,26,28-30,33,38,42-44,52,54-56,58H,4-8,10-12,14-19,25,27H2,1-3H3,(H4,49,50,51). The highest BCUT2D eigenvalue weighted by Crippen LogP contribution is 2.39. The number of methoxy groups -OCH3 is 1. The molecule has 3 aliphatic rings. The summed E-state index contributed by atoms with van der Waals surface area (Å²) in [4.78, 5) is 29.8. The number of rotatable bonds is 16. The van der Waals surface area contributed by atoms with Crippen molar-refractivity contribution < 1.29 is 34.8 Å². The van der Waals surface area contributed by atoms with Crippen LogP contribution in [0, 0.1) is 35.5 Å². The van der Waals surface area contributed by atoms with Crippen LogP contribution in [0.2, 0.25) is 0 Å². The monoisotopic (exact) mass is 808 g/mol. The Morgan fingerprint density at radius 3 is 2.51 bits per heavy atom. The minimum atomic E-state index is -0.905. The second kappa shape index (κ2) is 20.1. The van der Waals surface area contributed by atoms with E-state index in [1.807, 2.05) is 12.1 Å². The number of aliphatic hydroxyl groups is 2. The fourth-order valence-electron chi connectivity index (χ4n) is 9.64. The van der Waals surface area contributed by atoms with Crippen LogP contribution in [0.15, 0.2) is 41.4 Å². The van der Waals surface area contributed by atoms with Crippen LogP contribution >= 0.6 is 0 Å². The summed E-state index contributed by atoms with van der Waals surface area (Å²) in [6, 6.07) is 11.3. The Hall–Kier alpha value is -4.63. The minimum absolute atomic E-state index is 0.00377. The third-order valence-electron chi connectivity index (χ3n) is 12.7. The molecule has 3 aromatic carbocycles. The van der Waals surface area contributed by atoms with Gasteiger partial charge in [-0.3, -0.25) is 14.6 Å². The zero-order valence-corrected chi connectivity index (χ0v) is 35.0. The van der Waals surface area contributed by atoms with Gasteiger partial charge in [0, 0.05) is 37.8 Å². The lowest BCUT2D eigenvalue weighted by Crippen LogP contribution is -2.48. The highest BCUT2D eigenvalue weighted by Gasteiger charge is 2.35. The number of aliphatic imine (C=N–C) groups is 1. The zero-order chi connectivity index (χ0) is 42.2. The molecule has 9 N–H and O–H groups in total. The SMILES string of the molecule is COc1cc2c(cc1O)C(CCC(O)c1cc(CCN=C(N)N)c3cc(O)cc(CC(C)C)c3c1)C#CC(C(O)CCCCC1CNC3CC(=O)CCC3C1)C(=O)CC2. The smallest absolute Gasteiger partial charge is 0.185 e. The molecule has 0 aromatic heterocycles. The first-order valence-electron chi connectivity index (χ1n) is 21.7. The maximum Gasteiger partial charge on any atom is 0.185 e. The van der Waals surface area contributed by atoms with Gasteiger partial charge in [0.25, 0.3) is 0 Å². The highest BCUT2D eigenvalue weighted by molar-refractivity contribution is 5.91. The van der Waals surface area contributed by atoms with E-state index in [9.17, 15) is 30.0 Å². The number of nitrogens with one attached hydrogen (secondary N) is 1. The minimum Gasteiger partial charge on any atom is -0.508 e. The number of phenols is 2. The van der Waals surface area contributed by atoms with E-state index >= 15 is 0 Å². The molecule has 1 heterocycles. The number of guanidine groups is 1. The van der Waals surface area contributed by atoms with Gasteiger partial charge in [-0.2, -0.15) is 0 Å². The molecule has 2 fully saturated rings. The first-order valence-corrected chi connectivity index (χ1v) is 21.7. The van der Waals surface area contributed by atoms with Gasteiger partial charge in [-0.15, -0.1) is 0 Å². The molecule has 1 saturated carbocycles. The summed E-state index contributed by atoms with van der Waals surface area (Å²) in [5.41, 5.74) is 15.5. The number of nitrogens with two attached hydrogens (primary N) is 2. The van der Waals surface area contributed by atoms with E-state index in [1.165, 1.54) is 7.11 Å². The molecule has 0 radical (unpaired) electrons. The quantitative estimate of drug-likeness (QED) is 0.0374. The summed E-state index contributed by atoms with van der Waals surface area (Å²) in [6.45, 7) is 5.52. The summed E-state index contributed by atoms with van der Waals surface area (Å²) in [5, 5.41) is 50.4. The number of carbonyl (C=O) groups excluding carboxylic acids is 2. The fraction of sp³-hybridized carbons (Fsp3) is 0.562. The second-order valence-electron chi connectivity index (χ2n) is 17.6. The maximum absolute atomic E-state index is 13.7. The molecule has 7 atom stereocenters. The van der Waals surface area contributed by atoms with Gasteiger partial charge in [0.05, 0.1) is 19.3 Å². The lowest BCUT2D eigenvalue weighted by atomic mass is 9.74. The van der Waals surface area contributed by atoms with Crippen LogP contribution in [0.25, 0.3) is 10.8 Å². The topological polar surface area (TPSA) is 201 Å². The number of carbonyl (C=O) groups is 2. The Balaban J connectivity index is 1.20. The van der Waals surface area contributed by atoms with Crippen molar-refractivity contribution in [3.05, 3.63) is 64.2 Å². The Kier molecular flexibility index (Phi) is 15.0. The van der Waals surface area contributed by atoms with E-state index in [4.69, 9.17) is 16.2 Å². The van der Waals surface area contributed by atoms with Crippen LogP contribution in [0.3, 0.4) is 0 Å². The molecule has 7 unspecified atom stereocenters. The fourth-order valence-corrected chi connectivity index (χ4v) is 9.64. The van der Waals surface area contributed by atoms with E-state index in [0.29, 0.717) is 86.8 Å². The number of aliphatic hydroxyl groups excluding tert-OH is 2. The predicted molar refractivity (Wildman–Crippen MR) is 231 cm³/mol. The Morgan fingerprint density at radius 2 is 1.75 bits per heavy atom. The van der Waals surface area contributed by atoms with Gasteiger partial charge in [-0.25, -0.2) is 0 Å². The average Bonchev–Trinajstić information content (AvgIpc) is 3.25. The summed E-state index contributed by atoms with van der Waals surface area (Å²) < 4.78 is 5.44. The summed E-state index contributed by atoms with van der Waals surface area (Å²) >= 11 is 0.